The lowest BCUT2D eigenvalue weighted by atomic mass is 10.1. The topological polar surface area (TPSA) is 33.3 Å². The molecule has 0 aliphatic rings. The minimum Gasteiger partial charge on any atom is -0.496 e. The summed E-state index contributed by atoms with van der Waals surface area (Å²) in [4.78, 5) is 0. The normalized spacial score (nSPS) is 12.4. The van der Waals surface area contributed by atoms with Crippen molar-refractivity contribution in [3.63, 3.8) is 0 Å². The average Bonchev–Trinajstić information content (AvgIpc) is 2.30. The highest BCUT2D eigenvalue weighted by Gasteiger charge is 2.02. The molecule has 3 heteroatoms. The molecule has 0 bridgehead atoms. The molecule has 90 valence electrons. The van der Waals surface area contributed by atoms with Crippen LogP contribution < -0.4 is 15.4 Å². The Morgan fingerprint density at radius 2 is 2.06 bits per heavy atom. The van der Waals surface area contributed by atoms with Gasteiger partial charge >= 0.3 is 0 Å². The van der Waals surface area contributed by atoms with Gasteiger partial charge in [-0.15, -0.1) is 0 Å². The lowest BCUT2D eigenvalue weighted by Crippen LogP contribution is -2.35. The highest BCUT2D eigenvalue weighted by Crippen LogP contribution is 2.17. The summed E-state index contributed by atoms with van der Waals surface area (Å²) in [5, 5.41) is 6.62. The summed E-state index contributed by atoms with van der Waals surface area (Å²) in [7, 11) is 3.69. The molecule has 0 saturated carbocycles. The maximum absolute atomic E-state index is 5.31. The maximum Gasteiger partial charge on any atom is 0.122 e. The smallest absolute Gasteiger partial charge is 0.122 e. The zero-order valence-electron chi connectivity index (χ0n) is 10.4. The van der Waals surface area contributed by atoms with Crippen LogP contribution in [0.5, 0.6) is 5.75 Å². The van der Waals surface area contributed by atoms with E-state index in [1.165, 1.54) is 5.56 Å². The summed E-state index contributed by atoms with van der Waals surface area (Å²) >= 11 is 0. The molecule has 0 saturated heterocycles. The number of hydrogen-bond donors (Lipinski definition) is 2. The van der Waals surface area contributed by atoms with Crippen molar-refractivity contribution in [3.8, 4) is 5.75 Å². The number of benzene rings is 1. The Morgan fingerprint density at radius 3 is 2.75 bits per heavy atom. The second-order valence-electron chi connectivity index (χ2n) is 3.97. The van der Waals surface area contributed by atoms with E-state index in [4.69, 9.17) is 4.74 Å². The zero-order chi connectivity index (χ0) is 11.8. The Balaban J connectivity index is 2.36. The summed E-state index contributed by atoms with van der Waals surface area (Å²) in [6, 6.07) is 8.67. The SMILES string of the molecule is CNCC(C)NCCc1ccccc1OC. The fourth-order valence-corrected chi connectivity index (χ4v) is 1.74. The first-order valence-electron chi connectivity index (χ1n) is 5.77. The molecule has 0 fully saturated rings. The molecule has 1 rings (SSSR count). The van der Waals surface area contributed by atoms with Gasteiger partial charge in [-0.3, -0.25) is 0 Å². The molecule has 1 unspecified atom stereocenters. The van der Waals surface area contributed by atoms with Gasteiger partial charge in [0.2, 0.25) is 0 Å². The number of likely N-dealkylation sites (N-methyl/N-ethyl adjacent to an activating group) is 1. The summed E-state index contributed by atoms with van der Waals surface area (Å²) in [6.07, 6.45) is 0.998. The van der Waals surface area contributed by atoms with Crippen molar-refractivity contribution in [3.05, 3.63) is 29.8 Å². The molecule has 0 heterocycles. The molecule has 0 spiro atoms. The Kier molecular flexibility index (Phi) is 5.90. The van der Waals surface area contributed by atoms with Gasteiger partial charge in [-0.2, -0.15) is 0 Å². The molecular formula is C13H22N2O. The molecule has 0 amide bonds. The molecule has 0 radical (unpaired) electrons. The minimum absolute atomic E-state index is 0.500. The number of para-hydroxylation sites is 1. The van der Waals surface area contributed by atoms with Gasteiger partial charge < -0.3 is 15.4 Å². The van der Waals surface area contributed by atoms with Crippen LogP contribution in [0.15, 0.2) is 24.3 Å². The van der Waals surface area contributed by atoms with Crippen molar-refractivity contribution >= 4 is 0 Å². The molecule has 1 aromatic rings. The van der Waals surface area contributed by atoms with Crippen LogP contribution in [0.4, 0.5) is 0 Å². The zero-order valence-corrected chi connectivity index (χ0v) is 10.4. The molecule has 16 heavy (non-hydrogen) atoms. The van der Waals surface area contributed by atoms with Crippen LogP contribution in [0, 0.1) is 0 Å². The van der Waals surface area contributed by atoms with Crippen LogP contribution in [0.3, 0.4) is 0 Å². The molecular weight excluding hydrogens is 200 g/mol. The standard InChI is InChI=1S/C13H22N2O/c1-11(10-14-2)15-9-8-12-6-4-5-7-13(12)16-3/h4-7,11,14-15H,8-10H2,1-3H3. The Bertz CT molecular complexity index is 302. The van der Waals surface area contributed by atoms with Gasteiger partial charge in [-0.05, 0) is 38.6 Å². The highest BCUT2D eigenvalue weighted by molar-refractivity contribution is 5.33. The highest BCUT2D eigenvalue weighted by atomic mass is 16.5. The fraction of sp³-hybridized carbons (Fsp3) is 0.538. The predicted octanol–water partition coefficient (Wildman–Crippen LogP) is 1.44. The van der Waals surface area contributed by atoms with Gasteiger partial charge in [0, 0.05) is 12.6 Å². The molecule has 0 aromatic heterocycles. The lowest BCUT2D eigenvalue weighted by molar-refractivity contribution is 0.408. The van der Waals surface area contributed by atoms with Crippen LogP contribution in [0.1, 0.15) is 12.5 Å². The summed E-state index contributed by atoms with van der Waals surface area (Å²) in [5.41, 5.74) is 1.26. The second-order valence-corrected chi connectivity index (χ2v) is 3.97. The van der Waals surface area contributed by atoms with E-state index in [0.29, 0.717) is 6.04 Å². The van der Waals surface area contributed by atoms with Gasteiger partial charge in [-0.1, -0.05) is 18.2 Å². The largest absolute Gasteiger partial charge is 0.496 e. The molecule has 0 aliphatic carbocycles. The van der Waals surface area contributed by atoms with E-state index >= 15 is 0 Å². The van der Waals surface area contributed by atoms with Gasteiger partial charge in [0.25, 0.3) is 0 Å². The van der Waals surface area contributed by atoms with Gasteiger partial charge in [0.05, 0.1) is 7.11 Å². The number of hydrogen-bond acceptors (Lipinski definition) is 3. The summed E-state index contributed by atoms with van der Waals surface area (Å²) in [6.45, 7) is 4.15. The van der Waals surface area contributed by atoms with Crippen LogP contribution in [-0.2, 0) is 6.42 Å². The van der Waals surface area contributed by atoms with E-state index in [1.54, 1.807) is 7.11 Å². The maximum atomic E-state index is 5.31. The van der Waals surface area contributed by atoms with E-state index in [0.717, 1.165) is 25.3 Å². The average molecular weight is 222 g/mol. The third-order valence-electron chi connectivity index (χ3n) is 2.59. The Morgan fingerprint density at radius 1 is 1.31 bits per heavy atom. The monoisotopic (exact) mass is 222 g/mol. The van der Waals surface area contributed by atoms with Crippen LogP contribution in [-0.4, -0.2) is 33.3 Å². The Labute approximate surface area is 98.2 Å². The quantitative estimate of drug-likeness (QED) is 0.732. The summed E-state index contributed by atoms with van der Waals surface area (Å²) < 4.78 is 5.31. The predicted molar refractivity (Wildman–Crippen MR) is 68.1 cm³/mol. The molecule has 2 N–H and O–H groups in total. The fourth-order valence-electron chi connectivity index (χ4n) is 1.74. The number of methoxy groups -OCH3 is 1. The van der Waals surface area contributed by atoms with E-state index < -0.39 is 0 Å². The van der Waals surface area contributed by atoms with Crippen LogP contribution in [0.25, 0.3) is 0 Å². The van der Waals surface area contributed by atoms with Crippen molar-refractivity contribution in [2.24, 2.45) is 0 Å². The van der Waals surface area contributed by atoms with Gasteiger partial charge in [0.1, 0.15) is 5.75 Å². The molecule has 3 nitrogen and oxygen atoms in total. The van der Waals surface area contributed by atoms with Crippen molar-refractivity contribution < 1.29 is 4.74 Å². The minimum atomic E-state index is 0.500. The van der Waals surface area contributed by atoms with Crippen molar-refractivity contribution in [1.82, 2.24) is 10.6 Å². The van der Waals surface area contributed by atoms with E-state index in [-0.39, 0.29) is 0 Å². The van der Waals surface area contributed by atoms with Crippen LogP contribution >= 0.6 is 0 Å². The first kappa shape index (κ1) is 13.0. The summed E-state index contributed by atoms with van der Waals surface area (Å²) in [5.74, 6) is 0.977. The Hall–Kier alpha value is -1.06. The first-order chi connectivity index (χ1) is 7.77. The van der Waals surface area contributed by atoms with E-state index in [2.05, 4.69) is 29.7 Å². The van der Waals surface area contributed by atoms with E-state index in [9.17, 15) is 0 Å². The second kappa shape index (κ2) is 7.25. The van der Waals surface area contributed by atoms with Crippen molar-refractivity contribution in [2.45, 2.75) is 19.4 Å². The molecule has 1 atom stereocenters. The first-order valence-corrected chi connectivity index (χ1v) is 5.77. The van der Waals surface area contributed by atoms with Gasteiger partial charge in [0.15, 0.2) is 0 Å². The van der Waals surface area contributed by atoms with Gasteiger partial charge in [-0.25, -0.2) is 0 Å². The molecule has 1 aromatic carbocycles. The number of nitrogens with one attached hydrogen (secondary N) is 2. The van der Waals surface area contributed by atoms with Crippen molar-refractivity contribution in [1.29, 1.82) is 0 Å². The number of ether oxygens (including phenoxy) is 1. The van der Waals surface area contributed by atoms with E-state index in [1.807, 2.05) is 19.2 Å². The van der Waals surface area contributed by atoms with Crippen molar-refractivity contribution in [2.75, 3.05) is 27.2 Å². The molecule has 0 aliphatic heterocycles. The number of rotatable bonds is 7. The van der Waals surface area contributed by atoms with Crippen LogP contribution in [0.2, 0.25) is 0 Å². The third-order valence-corrected chi connectivity index (χ3v) is 2.59. The lowest BCUT2D eigenvalue weighted by Gasteiger charge is -2.14. The third kappa shape index (κ3) is 4.21.